The molecule has 1 unspecified atom stereocenters. The van der Waals surface area contributed by atoms with Crippen LogP contribution in [0.3, 0.4) is 0 Å². The van der Waals surface area contributed by atoms with Crippen molar-refractivity contribution in [3.05, 3.63) is 22.6 Å². The van der Waals surface area contributed by atoms with Gasteiger partial charge in [-0.1, -0.05) is 6.42 Å². The molecule has 0 radical (unpaired) electrons. The van der Waals surface area contributed by atoms with Crippen LogP contribution in [0.25, 0.3) is 0 Å². The highest BCUT2D eigenvalue weighted by molar-refractivity contribution is 5.44. The summed E-state index contributed by atoms with van der Waals surface area (Å²) >= 11 is 0. The van der Waals surface area contributed by atoms with Gasteiger partial charge in [0, 0.05) is 32.8 Å². The summed E-state index contributed by atoms with van der Waals surface area (Å²) in [5.74, 6) is 0. The highest BCUT2D eigenvalue weighted by atomic mass is 16.5. The molecule has 0 bridgehead atoms. The summed E-state index contributed by atoms with van der Waals surface area (Å²) < 4.78 is 6.87. The molecule has 1 aliphatic rings. The second kappa shape index (κ2) is 7.40. The van der Waals surface area contributed by atoms with E-state index in [0.29, 0.717) is 13.1 Å². The van der Waals surface area contributed by atoms with E-state index in [9.17, 15) is 4.79 Å². The summed E-state index contributed by atoms with van der Waals surface area (Å²) in [5, 5.41) is 4.26. The fourth-order valence-electron chi connectivity index (χ4n) is 2.50. The molecule has 1 aromatic heterocycles. The molecule has 112 valence electrons. The molecule has 1 aliphatic heterocycles. The maximum atomic E-state index is 12.0. The number of nitrogens with zero attached hydrogens (tertiary/aromatic N) is 3. The Hall–Kier alpha value is -1.40. The second-order valence-electron chi connectivity index (χ2n) is 5.22. The molecule has 0 aliphatic carbocycles. The topological polar surface area (TPSA) is 73.4 Å². The van der Waals surface area contributed by atoms with Crippen molar-refractivity contribution in [1.29, 1.82) is 0 Å². The Morgan fingerprint density at radius 2 is 2.30 bits per heavy atom. The van der Waals surface area contributed by atoms with Gasteiger partial charge in [-0.25, -0.2) is 4.68 Å². The zero-order valence-corrected chi connectivity index (χ0v) is 12.1. The van der Waals surface area contributed by atoms with Gasteiger partial charge in [0.05, 0.1) is 18.0 Å². The van der Waals surface area contributed by atoms with Gasteiger partial charge in [-0.05, 0) is 25.8 Å². The van der Waals surface area contributed by atoms with Crippen molar-refractivity contribution in [3.8, 4) is 0 Å². The molecule has 1 saturated heterocycles. The number of nitrogens with two attached hydrogens (primary N) is 1. The van der Waals surface area contributed by atoms with Crippen molar-refractivity contribution in [3.63, 3.8) is 0 Å². The maximum Gasteiger partial charge on any atom is 0.268 e. The summed E-state index contributed by atoms with van der Waals surface area (Å²) in [4.78, 5) is 14.2. The number of aromatic nitrogens is 2. The molecular weight excluding hydrogens is 256 g/mol. The predicted octanol–water partition coefficient (Wildman–Crippen LogP) is 0.597. The summed E-state index contributed by atoms with van der Waals surface area (Å²) in [6.45, 7) is 3.12. The van der Waals surface area contributed by atoms with Crippen LogP contribution in [0.4, 0.5) is 5.69 Å². The third-order valence-corrected chi connectivity index (χ3v) is 3.77. The van der Waals surface area contributed by atoms with E-state index in [1.54, 1.807) is 19.4 Å². The minimum absolute atomic E-state index is 0.0314. The molecule has 6 heteroatoms. The molecule has 2 rings (SSSR count). The monoisotopic (exact) mass is 280 g/mol. The van der Waals surface area contributed by atoms with Gasteiger partial charge in [0.2, 0.25) is 0 Å². The first-order chi connectivity index (χ1) is 9.74. The van der Waals surface area contributed by atoms with E-state index in [-0.39, 0.29) is 11.7 Å². The van der Waals surface area contributed by atoms with Crippen molar-refractivity contribution in [2.45, 2.75) is 38.3 Å². The van der Waals surface area contributed by atoms with Crippen LogP contribution in [0.1, 0.15) is 25.7 Å². The molecule has 6 nitrogen and oxygen atoms in total. The molecule has 1 atom stereocenters. The summed E-state index contributed by atoms with van der Waals surface area (Å²) in [6.07, 6.45) is 6.01. The lowest BCUT2D eigenvalue weighted by atomic mass is 10.2. The first kappa shape index (κ1) is 15.0. The normalized spacial score (nSPS) is 18.7. The fraction of sp³-hybridized carbons (Fsp3) is 0.714. The number of ether oxygens (including phenoxy) is 1. The number of hydrogen-bond acceptors (Lipinski definition) is 5. The molecule has 2 N–H and O–H groups in total. The van der Waals surface area contributed by atoms with Crippen molar-refractivity contribution < 1.29 is 4.74 Å². The van der Waals surface area contributed by atoms with Gasteiger partial charge in [0.25, 0.3) is 5.56 Å². The zero-order chi connectivity index (χ0) is 14.4. The highest BCUT2D eigenvalue weighted by Crippen LogP contribution is 2.19. The van der Waals surface area contributed by atoms with Gasteiger partial charge >= 0.3 is 0 Å². The van der Waals surface area contributed by atoms with Gasteiger partial charge in [0.1, 0.15) is 0 Å². The van der Waals surface area contributed by atoms with Crippen molar-refractivity contribution in [1.82, 2.24) is 9.78 Å². The Labute approximate surface area is 119 Å². The number of rotatable bonds is 7. The van der Waals surface area contributed by atoms with Crippen molar-refractivity contribution in [2.75, 3.05) is 31.6 Å². The fourth-order valence-corrected chi connectivity index (χ4v) is 2.50. The standard InChI is InChI=1S/C14H24N4O2/c1-20-13-5-8-17(11-13)12-9-14(19)18(16-10-12)7-4-2-3-6-15/h9-10,13H,2-8,11,15H2,1H3. The van der Waals surface area contributed by atoms with E-state index in [1.807, 2.05) is 0 Å². The van der Waals surface area contributed by atoms with Crippen LogP contribution in [0.2, 0.25) is 0 Å². The SMILES string of the molecule is COC1CCN(c2cnn(CCCCCN)c(=O)c2)C1. The van der Waals surface area contributed by atoms with E-state index in [0.717, 1.165) is 44.5 Å². The van der Waals surface area contributed by atoms with Crippen LogP contribution in [0.5, 0.6) is 0 Å². The number of methoxy groups -OCH3 is 1. The van der Waals surface area contributed by atoms with E-state index in [1.165, 1.54) is 4.68 Å². The molecule has 1 aromatic rings. The number of hydrogen-bond donors (Lipinski definition) is 1. The molecule has 0 amide bonds. The third-order valence-electron chi connectivity index (χ3n) is 3.77. The minimum atomic E-state index is -0.0314. The lowest BCUT2D eigenvalue weighted by Crippen LogP contribution is -2.27. The summed E-state index contributed by atoms with van der Waals surface area (Å²) in [6, 6.07) is 1.67. The van der Waals surface area contributed by atoms with E-state index < -0.39 is 0 Å². The zero-order valence-electron chi connectivity index (χ0n) is 12.1. The number of unbranched alkanes of at least 4 members (excludes halogenated alkanes) is 2. The van der Waals surface area contributed by atoms with Gasteiger partial charge in [-0.2, -0.15) is 5.10 Å². The smallest absolute Gasteiger partial charge is 0.268 e. The second-order valence-corrected chi connectivity index (χ2v) is 5.22. The Morgan fingerprint density at radius 1 is 1.45 bits per heavy atom. The number of anilines is 1. The average Bonchev–Trinajstić information content (AvgIpc) is 2.94. The molecule has 0 saturated carbocycles. The minimum Gasteiger partial charge on any atom is -0.380 e. The van der Waals surface area contributed by atoms with Crippen LogP contribution in [-0.2, 0) is 11.3 Å². The average molecular weight is 280 g/mol. The van der Waals surface area contributed by atoms with Crippen molar-refractivity contribution >= 4 is 5.69 Å². The van der Waals surface area contributed by atoms with Crippen LogP contribution >= 0.6 is 0 Å². The van der Waals surface area contributed by atoms with Crippen LogP contribution in [0.15, 0.2) is 17.1 Å². The van der Waals surface area contributed by atoms with Gasteiger partial charge in [0.15, 0.2) is 0 Å². The molecule has 0 aromatic carbocycles. The first-order valence-corrected chi connectivity index (χ1v) is 7.29. The van der Waals surface area contributed by atoms with Gasteiger partial charge in [-0.3, -0.25) is 4.79 Å². The van der Waals surface area contributed by atoms with E-state index in [4.69, 9.17) is 10.5 Å². The summed E-state index contributed by atoms with van der Waals surface area (Å²) in [5.41, 5.74) is 6.32. The van der Waals surface area contributed by atoms with Crippen LogP contribution in [0, 0.1) is 0 Å². The largest absolute Gasteiger partial charge is 0.380 e. The highest BCUT2D eigenvalue weighted by Gasteiger charge is 2.22. The third kappa shape index (κ3) is 3.80. The lowest BCUT2D eigenvalue weighted by molar-refractivity contribution is 0.121. The quantitative estimate of drug-likeness (QED) is 0.740. The van der Waals surface area contributed by atoms with Crippen molar-refractivity contribution in [2.24, 2.45) is 5.73 Å². The van der Waals surface area contributed by atoms with Crippen LogP contribution < -0.4 is 16.2 Å². The molecular formula is C14H24N4O2. The predicted molar refractivity (Wildman–Crippen MR) is 79.0 cm³/mol. The maximum absolute atomic E-state index is 12.0. The number of aryl methyl sites for hydroxylation is 1. The lowest BCUT2D eigenvalue weighted by Gasteiger charge is -2.18. The molecule has 2 heterocycles. The van der Waals surface area contributed by atoms with Crippen LogP contribution in [-0.4, -0.2) is 42.6 Å². The molecule has 20 heavy (non-hydrogen) atoms. The Morgan fingerprint density at radius 3 is 2.95 bits per heavy atom. The van der Waals surface area contributed by atoms with Gasteiger partial charge < -0.3 is 15.4 Å². The molecule has 0 spiro atoms. The summed E-state index contributed by atoms with van der Waals surface area (Å²) in [7, 11) is 1.73. The Bertz CT molecular complexity index is 474. The first-order valence-electron chi connectivity index (χ1n) is 7.29. The van der Waals surface area contributed by atoms with E-state index in [2.05, 4.69) is 10.00 Å². The molecule has 1 fully saturated rings. The van der Waals surface area contributed by atoms with E-state index >= 15 is 0 Å². The van der Waals surface area contributed by atoms with Gasteiger partial charge in [-0.15, -0.1) is 0 Å². The Balaban J connectivity index is 1.94. The Kier molecular flexibility index (Phi) is 5.55.